The molecule has 0 atom stereocenters. The number of likely N-dealkylation sites (tertiary alicyclic amines) is 1. The molecule has 20 heavy (non-hydrogen) atoms. The van der Waals surface area contributed by atoms with Gasteiger partial charge >= 0.3 is 0 Å². The van der Waals surface area contributed by atoms with Crippen molar-refractivity contribution < 1.29 is 9.53 Å². The minimum atomic E-state index is 0.0695. The highest BCUT2D eigenvalue weighted by atomic mass is 16.5. The number of ether oxygens (including phenoxy) is 1. The minimum Gasteiger partial charge on any atom is -0.484 e. The quantitative estimate of drug-likeness (QED) is 0.892. The highest BCUT2D eigenvalue weighted by molar-refractivity contribution is 5.77. The van der Waals surface area contributed by atoms with Crippen LogP contribution >= 0.6 is 0 Å². The van der Waals surface area contributed by atoms with E-state index in [-0.39, 0.29) is 12.5 Å². The molecule has 1 aromatic rings. The van der Waals surface area contributed by atoms with Gasteiger partial charge in [0.1, 0.15) is 5.75 Å². The third kappa shape index (κ3) is 3.97. The van der Waals surface area contributed by atoms with Crippen molar-refractivity contribution in [1.82, 2.24) is 4.90 Å². The van der Waals surface area contributed by atoms with Gasteiger partial charge < -0.3 is 15.4 Å². The topological polar surface area (TPSA) is 55.6 Å². The summed E-state index contributed by atoms with van der Waals surface area (Å²) in [6, 6.07) is 7.92. The number of carbonyl (C=O) groups is 1. The lowest BCUT2D eigenvalue weighted by molar-refractivity contribution is -0.134. The normalized spacial score (nSPS) is 16.2. The number of amides is 1. The number of hydrogen-bond acceptors (Lipinski definition) is 3. The SMILES string of the molecule is CCc1ccc(OCC(=O)N2CCC(CN)CC2)cc1. The van der Waals surface area contributed by atoms with Crippen molar-refractivity contribution in [2.45, 2.75) is 26.2 Å². The molecule has 0 aliphatic carbocycles. The Morgan fingerprint density at radius 3 is 2.50 bits per heavy atom. The fourth-order valence-corrected chi connectivity index (χ4v) is 2.48. The molecule has 0 saturated carbocycles. The average molecular weight is 276 g/mol. The second kappa shape index (κ2) is 7.29. The first-order valence-electron chi connectivity index (χ1n) is 7.42. The molecule has 110 valence electrons. The van der Waals surface area contributed by atoms with Crippen LogP contribution in [0.1, 0.15) is 25.3 Å². The Labute approximate surface area is 120 Å². The summed E-state index contributed by atoms with van der Waals surface area (Å²) >= 11 is 0. The Kier molecular flexibility index (Phi) is 5.41. The molecule has 0 unspecified atom stereocenters. The smallest absolute Gasteiger partial charge is 0.260 e. The highest BCUT2D eigenvalue weighted by Gasteiger charge is 2.21. The second-order valence-corrected chi connectivity index (χ2v) is 5.35. The molecule has 0 spiro atoms. The summed E-state index contributed by atoms with van der Waals surface area (Å²) in [5.41, 5.74) is 6.93. The maximum Gasteiger partial charge on any atom is 0.260 e. The van der Waals surface area contributed by atoms with E-state index in [1.54, 1.807) is 0 Å². The van der Waals surface area contributed by atoms with Gasteiger partial charge in [0.05, 0.1) is 0 Å². The fraction of sp³-hybridized carbons (Fsp3) is 0.562. The van der Waals surface area contributed by atoms with E-state index in [0.29, 0.717) is 5.92 Å². The Morgan fingerprint density at radius 1 is 1.30 bits per heavy atom. The van der Waals surface area contributed by atoms with E-state index < -0.39 is 0 Å². The zero-order chi connectivity index (χ0) is 14.4. The first kappa shape index (κ1) is 14.9. The van der Waals surface area contributed by atoms with E-state index in [1.807, 2.05) is 29.2 Å². The molecule has 4 nitrogen and oxygen atoms in total. The number of aryl methyl sites for hydroxylation is 1. The molecular weight excluding hydrogens is 252 g/mol. The van der Waals surface area contributed by atoms with Crippen molar-refractivity contribution in [3.63, 3.8) is 0 Å². The molecule has 0 aromatic heterocycles. The average Bonchev–Trinajstić information content (AvgIpc) is 2.53. The number of benzene rings is 1. The Hall–Kier alpha value is -1.55. The van der Waals surface area contributed by atoms with Gasteiger partial charge in [0.2, 0.25) is 0 Å². The zero-order valence-electron chi connectivity index (χ0n) is 12.2. The van der Waals surface area contributed by atoms with Gasteiger partial charge in [-0.15, -0.1) is 0 Å². The van der Waals surface area contributed by atoms with Gasteiger partial charge in [0.25, 0.3) is 5.91 Å². The lowest BCUT2D eigenvalue weighted by Crippen LogP contribution is -2.42. The summed E-state index contributed by atoms with van der Waals surface area (Å²) in [6.07, 6.45) is 3.02. The van der Waals surface area contributed by atoms with Crippen LogP contribution in [-0.2, 0) is 11.2 Å². The van der Waals surface area contributed by atoms with Crippen molar-refractivity contribution >= 4 is 5.91 Å². The summed E-state index contributed by atoms with van der Waals surface area (Å²) < 4.78 is 5.56. The van der Waals surface area contributed by atoms with Crippen molar-refractivity contribution in [1.29, 1.82) is 0 Å². The predicted octanol–water partition coefficient (Wildman–Crippen LogP) is 1.83. The molecule has 2 N–H and O–H groups in total. The van der Waals surface area contributed by atoms with Crippen LogP contribution in [0.25, 0.3) is 0 Å². The molecule has 1 heterocycles. The first-order valence-corrected chi connectivity index (χ1v) is 7.42. The van der Waals surface area contributed by atoms with E-state index in [1.165, 1.54) is 5.56 Å². The monoisotopic (exact) mass is 276 g/mol. The van der Waals surface area contributed by atoms with Crippen LogP contribution in [0.5, 0.6) is 5.75 Å². The number of piperidine rings is 1. The number of hydrogen-bond donors (Lipinski definition) is 1. The Balaban J connectivity index is 1.77. The van der Waals surface area contributed by atoms with Crippen LogP contribution < -0.4 is 10.5 Å². The number of rotatable bonds is 5. The van der Waals surface area contributed by atoms with Gasteiger partial charge in [-0.25, -0.2) is 0 Å². The number of carbonyl (C=O) groups excluding carboxylic acids is 1. The molecule has 0 radical (unpaired) electrons. The lowest BCUT2D eigenvalue weighted by atomic mass is 9.97. The summed E-state index contributed by atoms with van der Waals surface area (Å²) in [4.78, 5) is 13.9. The van der Waals surface area contributed by atoms with Crippen molar-refractivity contribution in [3.05, 3.63) is 29.8 Å². The third-order valence-corrected chi connectivity index (χ3v) is 3.99. The van der Waals surface area contributed by atoms with Crippen molar-refractivity contribution in [2.24, 2.45) is 11.7 Å². The molecule has 1 saturated heterocycles. The molecule has 1 amide bonds. The van der Waals surface area contributed by atoms with E-state index >= 15 is 0 Å². The van der Waals surface area contributed by atoms with Gasteiger partial charge in [0.15, 0.2) is 6.61 Å². The zero-order valence-corrected chi connectivity index (χ0v) is 12.2. The van der Waals surface area contributed by atoms with Crippen LogP contribution in [-0.4, -0.2) is 37.0 Å². The molecule has 4 heteroatoms. The summed E-state index contributed by atoms with van der Waals surface area (Å²) in [5.74, 6) is 1.40. The summed E-state index contributed by atoms with van der Waals surface area (Å²) in [7, 11) is 0. The molecule has 0 bridgehead atoms. The standard InChI is InChI=1S/C16H24N2O2/c1-2-13-3-5-15(6-4-13)20-12-16(19)18-9-7-14(11-17)8-10-18/h3-6,14H,2,7-12,17H2,1H3. The Bertz CT molecular complexity index is 423. The van der Waals surface area contributed by atoms with Gasteiger partial charge in [-0.2, -0.15) is 0 Å². The van der Waals surface area contributed by atoms with E-state index in [0.717, 1.165) is 44.6 Å². The lowest BCUT2D eigenvalue weighted by Gasteiger charge is -2.31. The fourth-order valence-electron chi connectivity index (χ4n) is 2.48. The Morgan fingerprint density at radius 2 is 1.95 bits per heavy atom. The van der Waals surface area contributed by atoms with E-state index in [4.69, 9.17) is 10.5 Å². The predicted molar refractivity (Wildman–Crippen MR) is 79.7 cm³/mol. The van der Waals surface area contributed by atoms with Gasteiger partial charge in [-0.3, -0.25) is 4.79 Å². The van der Waals surface area contributed by atoms with Gasteiger partial charge in [0, 0.05) is 13.1 Å². The number of nitrogens with two attached hydrogens (primary N) is 1. The maximum absolute atomic E-state index is 12.1. The van der Waals surface area contributed by atoms with Crippen molar-refractivity contribution in [2.75, 3.05) is 26.2 Å². The summed E-state index contributed by atoms with van der Waals surface area (Å²) in [6.45, 7) is 4.57. The number of nitrogens with zero attached hydrogens (tertiary/aromatic N) is 1. The van der Waals surface area contributed by atoms with E-state index in [9.17, 15) is 4.79 Å². The van der Waals surface area contributed by atoms with Crippen LogP contribution in [0, 0.1) is 5.92 Å². The maximum atomic E-state index is 12.1. The van der Waals surface area contributed by atoms with Gasteiger partial charge in [-0.05, 0) is 49.4 Å². The van der Waals surface area contributed by atoms with Gasteiger partial charge in [-0.1, -0.05) is 19.1 Å². The van der Waals surface area contributed by atoms with E-state index in [2.05, 4.69) is 6.92 Å². The van der Waals surface area contributed by atoms with Crippen LogP contribution in [0.4, 0.5) is 0 Å². The first-order chi connectivity index (χ1) is 9.72. The molecule has 2 rings (SSSR count). The molecule has 1 fully saturated rings. The summed E-state index contributed by atoms with van der Waals surface area (Å²) in [5, 5.41) is 0. The second-order valence-electron chi connectivity index (χ2n) is 5.35. The third-order valence-electron chi connectivity index (χ3n) is 3.99. The highest BCUT2D eigenvalue weighted by Crippen LogP contribution is 2.17. The van der Waals surface area contributed by atoms with Crippen LogP contribution in [0.2, 0.25) is 0 Å². The molecule has 1 aliphatic heterocycles. The molecular formula is C16H24N2O2. The minimum absolute atomic E-state index is 0.0695. The largest absolute Gasteiger partial charge is 0.484 e. The molecule has 1 aliphatic rings. The van der Waals surface area contributed by atoms with Crippen LogP contribution in [0.3, 0.4) is 0 Å². The van der Waals surface area contributed by atoms with Crippen molar-refractivity contribution in [3.8, 4) is 5.75 Å². The molecule has 1 aromatic carbocycles. The van der Waals surface area contributed by atoms with Crippen LogP contribution in [0.15, 0.2) is 24.3 Å².